The molecule has 0 spiro atoms. The summed E-state index contributed by atoms with van der Waals surface area (Å²) < 4.78 is 6.09. The summed E-state index contributed by atoms with van der Waals surface area (Å²) in [5.41, 5.74) is 3.31. The van der Waals surface area contributed by atoms with Crippen LogP contribution in [0.4, 0.5) is 5.69 Å². The van der Waals surface area contributed by atoms with Gasteiger partial charge in [0.15, 0.2) is 0 Å². The van der Waals surface area contributed by atoms with Gasteiger partial charge in [0.2, 0.25) is 0 Å². The zero-order chi connectivity index (χ0) is 20.2. The second-order valence-corrected chi connectivity index (χ2v) is 8.33. The van der Waals surface area contributed by atoms with E-state index >= 15 is 0 Å². The molecule has 0 amide bonds. The Morgan fingerprint density at radius 3 is 2.52 bits per heavy atom. The molecule has 0 saturated carbocycles. The molecule has 2 aliphatic heterocycles. The van der Waals surface area contributed by atoms with Crippen LogP contribution < -0.4 is 9.64 Å². The van der Waals surface area contributed by atoms with Crippen LogP contribution in [0.15, 0.2) is 66.7 Å². The lowest BCUT2D eigenvalue weighted by atomic mass is 9.98. The Morgan fingerprint density at radius 1 is 1.10 bits per heavy atom. The van der Waals surface area contributed by atoms with Crippen molar-refractivity contribution in [3.63, 3.8) is 0 Å². The third-order valence-corrected chi connectivity index (χ3v) is 6.17. The molecule has 1 N–H and O–H groups in total. The molecule has 2 aromatic rings. The minimum Gasteiger partial charge on any atom is -0.489 e. The van der Waals surface area contributed by atoms with E-state index in [1.165, 1.54) is 24.0 Å². The highest BCUT2D eigenvalue weighted by molar-refractivity contribution is 5.62. The van der Waals surface area contributed by atoms with Crippen LogP contribution in [-0.4, -0.2) is 42.0 Å². The summed E-state index contributed by atoms with van der Waals surface area (Å²) in [5, 5.41) is 11.8. The number of allylic oxidation sites excluding steroid dienone is 1. The van der Waals surface area contributed by atoms with Crippen LogP contribution >= 0.6 is 0 Å². The maximum atomic E-state index is 11.8. The van der Waals surface area contributed by atoms with Gasteiger partial charge in [-0.15, -0.1) is 6.58 Å². The molecule has 154 valence electrons. The number of rotatable bonds is 7. The van der Waals surface area contributed by atoms with E-state index in [-0.39, 0.29) is 12.1 Å². The number of anilines is 1. The Balaban J connectivity index is 1.70. The third kappa shape index (κ3) is 4.34. The van der Waals surface area contributed by atoms with Crippen molar-refractivity contribution < 1.29 is 9.84 Å². The lowest BCUT2D eigenvalue weighted by Gasteiger charge is -2.46. The van der Waals surface area contributed by atoms with Gasteiger partial charge < -0.3 is 14.7 Å². The maximum Gasteiger partial charge on any atom is 0.143 e. The van der Waals surface area contributed by atoms with Crippen molar-refractivity contribution in [1.29, 1.82) is 0 Å². The topological polar surface area (TPSA) is 35.9 Å². The van der Waals surface area contributed by atoms with Gasteiger partial charge in [-0.2, -0.15) is 0 Å². The average molecular weight is 393 g/mol. The number of hydrogen-bond donors (Lipinski definition) is 1. The standard InChI is InChI=1S/C25H32N2O2/c1-19(2)14-15-22(26-16-8-9-17-26)25(28)27-21-12-6-7-13-24(21)29-18-23(27)20-10-4-3-5-11-20/h3-7,10-13,22-23,25,28H,1,8-9,14-18H2,2H3. The van der Waals surface area contributed by atoms with Gasteiger partial charge >= 0.3 is 0 Å². The van der Waals surface area contributed by atoms with E-state index in [4.69, 9.17) is 4.74 Å². The van der Waals surface area contributed by atoms with E-state index < -0.39 is 6.23 Å². The highest BCUT2D eigenvalue weighted by atomic mass is 16.5. The number of aliphatic hydroxyl groups is 1. The molecular formula is C25H32N2O2. The predicted octanol–water partition coefficient (Wildman–Crippen LogP) is 4.77. The summed E-state index contributed by atoms with van der Waals surface area (Å²) in [5.74, 6) is 0.846. The van der Waals surface area contributed by atoms with Crippen molar-refractivity contribution in [2.24, 2.45) is 0 Å². The Hall–Kier alpha value is -2.30. The molecule has 2 aliphatic rings. The van der Waals surface area contributed by atoms with Crippen LogP contribution in [0.5, 0.6) is 5.75 Å². The maximum absolute atomic E-state index is 11.8. The summed E-state index contributed by atoms with van der Waals surface area (Å²) in [6.07, 6.45) is 3.65. The molecule has 3 unspecified atom stereocenters. The van der Waals surface area contributed by atoms with Crippen molar-refractivity contribution in [2.75, 3.05) is 24.6 Å². The highest BCUT2D eigenvalue weighted by Gasteiger charge is 2.39. The van der Waals surface area contributed by atoms with Gasteiger partial charge in [-0.1, -0.05) is 48.0 Å². The van der Waals surface area contributed by atoms with Gasteiger partial charge in [0.1, 0.15) is 18.6 Å². The molecule has 1 saturated heterocycles. The van der Waals surface area contributed by atoms with Crippen LogP contribution in [0, 0.1) is 0 Å². The van der Waals surface area contributed by atoms with Gasteiger partial charge in [0.25, 0.3) is 0 Å². The van der Waals surface area contributed by atoms with Crippen LogP contribution in [0.2, 0.25) is 0 Å². The molecule has 2 heterocycles. The molecule has 0 aliphatic carbocycles. The number of aliphatic hydroxyl groups excluding tert-OH is 1. The number of hydrogen-bond acceptors (Lipinski definition) is 4. The van der Waals surface area contributed by atoms with Crippen LogP contribution in [0.1, 0.15) is 44.2 Å². The van der Waals surface area contributed by atoms with Crippen molar-refractivity contribution in [2.45, 2.75) is 50.9 Å². The van der Waals surface area contributed by atoms with Crippen LogP contribution in [0.25, 0.3) is 0 Å². The lowest BCUT2D eigenvalue weighted by Crippen LogP contribution is -2.54. The molecule has 0 bridgehead atoms. The molecule has 1 fully saturated rings. The van der Waals surface area contributed by atoms with Crippen LogP contribution in [0.3, 0.4) is 0 Å². The fourth-order valence-corrected chi connectivity index (χ4v) is 4.64. The number of fused-ring (bicyclic) bond motifs is 1. The minimum absolute atomic E-state index is 0.0176. The van der Waals surface area contributed by atoms with E-state index in [2.05, 4.69) is 53.6 Å². The number of ether oxygens (including phenoxy) is 1. The average Bonchev–Trinajstić information content (AvgIpc) is 3.28. The zero-order valence-corrected chi connectivity index (χ0v) is 17.3. The molecular weight excluding hydrogens is 360 g/mol. The monoisotopic (exact) mass is 392 g/mol. The molecule has 0 aromatic heterocycles. The second kappa shape index (κ2) is 9.02. The van der Waals surface area contributed by atoms with E-state index in [9.17, 15) is 5.11 Å². The van der Waals surface area contributed by atoms with E-state index in [1.54, 1.807) is 0 Å². The van der Waals surface area contributed by atoms with E-state index in [0.29, 0.717) is 6.61 Å². The van der Waals surface area contributed by atoms with Gasteiger partial charge in [0, 0.05) is 0 Å². The summed E-state index contributed by atoms with van der Waals surface area (Å²) in [6, 6.07) is 18.5. The Morgan fingerprint density at radius 2 is 1.79 bits per heavy atom. The first-order valence-electron chi connectivity index (χ1n) is 10.8. The summed E-state index contributed by atoms with van der Waals surface area (Å²) in [4.78, 5) is 4.66. The minimum atomic E-state index is -0.609. The van der Waals surface area contributed by atoms with Crippen LogP contribution in [-0.2, 0) is 0 Å². The SMILES string of the molecule is C=C(C)CCC(C(O)N1c2ccccc2OCC1c1ccccc1)N1CCCC1. The normalized spacial score (nSPS) is 21.3. The van der Waals surface area contributed by atoms with Gasteiger partial charge in [-0.05, 0) is 63.4 Å². The fraction of sp³-hybridized carbons (Fsp3) is 0.440. The number of likely N-dealkylation sites (tertiary alicyclic amines) is 1. The zero-order valence-electron chi connectivity index (χ0n) is 17.3. The highest BCUT2D eigenvalue weighted by Crippen LogP contribution is 2.41. The number of benzene rings is 2. The fourth-order valence-electron chi connectivity index (χ4n) is 4.64. The predicted molar refractivity (Wildman–Crippen MR) is 118 cm³/mol. The largest absolute Gasteiger partial charge is 0.489 e. The van der Waals surface area contributed by atoms with Crippen molar-refractivity contribution in [3.8, 4) is 5.75 Å². The van der Waals surface area contributed by atoms with Crippen molar-refractivity contribution in [1.82, 2.24) is 4.90 Å². The molecule has 0 radical (unpaired) electrons. The lowest BCUT2D eigenvalue weighted by molar-refractivity contribution is 0.0404. The Kier molecular flexibility index (Phi) is 6.22. The molecule has 3 atom stereocenters. The van der Waals surface area contributed by atoms with E-state index in [0.717, 1.165) is 37.4 Å². The molecule has 29 heavy (non-hydrogen) atoms. The third-order valence-electron chi connectivity index (χ3n) is 6.17. The number of nitrogens with zero attached hydrogens (tertiary/aromatic N) is 2. The first-order valence-corrected chi connectivity index (χ1v) is 10.8. The first-order chi connectivity index (χ1) is 14.1. The van der Waals surface area contributed by atoms with Gasteiger partial charge in [0.05, 0.1) is 17.8 Å². The molecule has 4 heteroatoms. The summed E-state index contributed by atoms with van der Waals surface area (Å²) in [6.45, 7) is 8.81. The Labute approximate surface area is 174 Å². The summed E-state index contributed by atoms with van der Waals surface area (Å²) >= 11 is 0. The van der Waals surface area contributed by atoms with Crippen molar-refractivity contribution in [3.05, 3.63) is 72.3 Å². The first kappa shape index (κ1) is 20.0. The smallest absolute Gasteiger partial charge is 0.143 e. The summed E-state index contributed by atoms with van der Waals surface area (Å²) in [7, 11) is 0. The van der Waals surface area contributed by atoms with Gasteiger partial charge in [-0.3, -0.25) is 4.90 Å². The van der Waals surface area contributed by atoms with Crippen molar-refractivity contribution >= 4 is 5.69 Å². The molecule has 2 aromatic carbocycles. The number of para-hydroxylation sites is 2. The molecule has 4 nitrogen and oxygen atoms in total. The second-order valence-electron chi connectivity index (χ2n) is 8.33. The quantitative estimate of drug-likeness (QED) is 0.689. The van der Waals surface area contributed by atoms with Gasteiger partial charge in [-0.25, -0.2) is 0 Å². The Bertz CT molecular complexity index is 817. The van der Waals surface area contributed by atoms with E-state index in [1.807, 2.05) is 24.3 Å². The molecule has 4 rings (SSSR count).